The van der Waals surface area contributed by atoms with Crippen molar-refractivity contribution in [1.29, 1.82) is 0 Å². The lowest BCUT2D eigenvalue weighted by atomic mass is 10.3. The fourth-order valence-electron chi connectivity index (χ4n) is 1.91. The summed E-state index contributed by atoms with van der Waals surface area (Å²) in [6, 6.07) is 0. The second-order valence-electron chi connectivity index (χ2n) is 5.34. The van der Waals surface area contributed by atoms with Gasteiger partial charge in [0.05, 0.1) is 0 Å². The van der Waals surface area contributed by atoms with Crippen molar-refractivity contribution in [2.75, 3.05) is 6.54 Å². The Balaban J connectivity index is 2.46. The maximum atomic E-state index is 4.80. The minimum Gasteiger partial charge on any atom is -0.293 e. The second kappa shape index (κ2) is 6.09. The van der Waals surface area contributed by atoms with Crippen molar-refractivity contribution >= 4 is 24.1 Å². The summed E-state index contributed by atoms with van der Waals surface area (Å²) in [5, 5.41) is 0.772. The molecule has 0 aromatic rings. The molecule has 0 aromatic heterocycles. The van der Waals surface area contributed by atoms with Gasteiger partial charge in [0, 0.05) is 17.5 Å². The van der Waals surface area contributed by atoms with Crippen molar-refractivity contribution < 1.29 is 0 Å². The highest BCUT2D eigenvalue weighted by Gasteiger charge is 2.28. The summed E-state index contributed by atoms with van der Waals surface area (Å²) in [5.74, 6) is 0. The van der Waals surface area contributed by atoms with Gasteiger partial charge in [0.25, 0.3) is 0 Å². The second-order valence-corrected chi connectivity index (χ2v) is 14.7. The minimum absolute atomic E-state index is 0.772. The van der Waals surface area contributed by atoms with E-state index in [1.165, 1.54) is 37.8 Å². The third kappa shape index (κ3) is 5.21. The average Bonchev–Trinajstić information content (AvgIpc) is 2.50. The highest BCUT2D eigenvalue weighted by molar-refractivity contribution is 8.29. The topological polar surface area (TPSA) is 12.4 Å². The number of aliphatic imine (C=N–C) groups is 1. The molecule has 1 nitrogen and oxygen atoms in total. The van der Waals surface area contributed by atoms with Crippen molar-refractivity contribution in [1.82, 2.24) is 0 Å². The van der Waals surface area contributed by atoms with E-state index in [0.29, 0.717) is 0 Å². The van der Waals surface area contributed by atoms with Crippen LogP contribution in [0.15, 0.2) is 4.99 Å². The van der Waals surface area contributed by atoms with E-state index in [1.807, 2.05) is 0 Å². The first kappa shape index (κ1) is 13.3. The molecule has 1 aliphatic carbocycles. The van der Waals surface area contributed by atoms with E-state index in [1.54, 1.807) is 0 Å². The van der Waals surface area contributed by atoms with Gasteiger partial charge in [0.15, 0.2) is 0 Å². The van der Waals surface area contributed by atoms with Crippen LogP contribution in [0.1, 0.15) is 39.0 Å². The van der Waals surface area contributed by atoms with Crippen LogP contribution in [0.5, 0.6) is 0 Å². The highest BCUT2D eigenvalue weighted by Crippen LogP contribution is 2.34. The third-order valence-electron chi connectivity index (χ3n) is 2.59. The molecule has 1 rings (SSSR count). The van der Waals surface area contributed by atoms with Crippen LogP contribution in [0.25, 0.3) is 0 Å². The van der Waals surface area contributed by atoms with E-state index in [9.17, 15) is 0 Å². The van der Waals surface area contributed by atoms with E-state index in [4.69, 9.17) is 4.99 Å². The Labute approximate surface area is 99.8 Å². The van der Waals surface area contributed by atoms with Gasteiger partial charge in [-0.25, -0.2) is 0 Å². The zero-order valence-corrected chi connectivity index (χ0v) is 12.5. The number of hydrogen-bond donors (Lipinski definition) is 0. The minimum atomic E-state index is -0.976. The molecule has 1 saturated carbocycles. The average molecular weight is 243 g/mol. The largest absolute Gasteiger partial charge is 0.293 e. The molecule has 88 valence electrons. The summed E-state index contributed by atoms with van der Waals surface area (Å²) in [7, 11) is -0.976. The van der Waals surface area contributed by atoms with Gasteiger partial charge in [-0.3, -0.25) is 4.99 Å². The molecule has 0 bridgehead atoms. The Morgan fingerprint density at radius 2 is 2.13 bits per heavy atom. The van der Waals surface area contributed by atoms with Gasteiger partial charge in [-0.2, -0.15) is 11.2 Å². The van der Waals surface area contributed by atoms with Crippen molar-refractivity contribution in [3.05, 3.63) is 0 Å². The maximum Gasteiger partial charge on any atom is 0.109 e. The first-order valence-corrected chi connectivity index (χ1v) is 11.3. The Morgan fingerprint density at radius 3 is 2.73 bits per heavy atom. The maximum absolute atomic E-state index is 4.80. The zero-order chi connectivity index (χ0) is 11.3. The summed E-state index contributed by atoms with van der Waals surface area (Å²) in [6.07, 6.45) is 6.54. The molecular formula is C12H25NSSi. The van der Waals surface area contributed by atoms with Crippen LogP contribution in [0.2, 0.25) is 19.6 Å². The molecule has 0 aliphatic heterocycles. The van der Waals surface area contributed by atoms with E-state index in [2.05, 4.69) is 37.8 Å². The van der Waals surface area contributed by atoms with Crippen LogP contribution < -0.4 is 0 Å². The van der Waals surface area contributed by atoms with Gasteiger partial charge in [-0.15, -0.1) is 0 Å². The third-order valence-corrected chi connectivity index (χ3v) is 7.07. The highest BCUT2D eigenvalue weighted by atomic mass is 32.4. The standard InChI is InChI=1S/C12H25NSSi/c1-5-6-10-13-11-8-7-9-12(11)14-15(2,3)4/h12H,5-10H2,1-4H3. The number of hydrogen-bond acceptors (Lipinski definition) is 2. The molecule has 3 heteroatoms. The number of nitrogens with zero attached hydrogens (tertiary/aromatic N) is 1. The molecule has 0 N–H and O–H groups in total. The van der Waals surface area contributed by atoms with Gasteiger partial charge >= 0.3 is 0 Å². The summed E-state index contributed by atoms with van der Waals surface area (Å²) in [6.45, 7) is 10.6. The summed E-state index contributed by atoms with van der Waals surface area (Å²) < 4.78 is 0. The van der Waals surface area contributed by atoms with Crippen molar-refractivity contribution in [2.24, 2.45) is 4.99 Å². The molecule has 0 amide bonds. The van der Waals surface area contributed by atoms with Gasteiger partial charge in [0.2, 0.25) is 0 Å². The number of unbranched alkanes of at least 4 members (excludes halogenated alkanes) is 1. The van der Waals surface area contributed by atoms with E-state index < -0.39 is 7.22 Å². The predicted octanol–water partition coefficient (Wildman–Crippen LogP) is 4.35. The van der Waals surface area contributed by atoms with E-state index in [-0.39, 0.29) is 0 Å². The molecule has 0 radical (unpaired) electrons. The molecule has 1 unspecified atom stereocenters. The summed E-state index contributed by atoms with van der Waals surface area (Å²) >= 11 is 2.24. The Morgan fingerprint density at radius 1 is 1.40 bits per heavy atom. The Bertz CT molecular complexity index is 220. The van der Waals surface area contributed by atoms with Crippen LogP contribution in [0, 0.1) is 0 Å². The molecule has 1 aliphatic rings. The first-order chi connectivity index (χ1) is 7.03. The quantitative estimate of drug-likeness (QED) is 0.516. The van der Waals surface area contributed by atoms with Crippen molar-refractivity contribution in [3.63, 3.8) is 0 Å². The number of rotatable bonds is 5. The van der Waals surface area contributed by atoms with Gasteiger partial charge in [-0.1, -0.05) is 33.0 Å². The lowest BCUT2D eigenvalue weighted by molar-refractivity contribution is 0.805. The molecule has 0 aromatic carbocycles. The zero-order valence-electron chi connectivity index (χ0n) is 10.7. The smallest absolute Gasteiger partial charge is 0.109 e. The fourth-order valence-corrected chi connectivity index (χ4v) is 6.70. The molecular weight excluding hydrogens is 218 g/mol. The molecule has 15 heavy (non-hydrogen) atoms. The Hall–Kier alpha value is 0.237. The van der Waals surface area contributed by atoms with Gasteiger partial charge in [0.1, 0.15) is 7.22 Å². The normalized spacial score (nSPS) is 25.1. The monoisotopic (exact) mass is 243 g/mol. The molecule has 1 atom stereocenters. The predicted molar refractivity (Wildman–Crippen MR) is 75.8 cm³/mol. The van der Waals surface area contributed by atoms with E-state index in [0.717, 1.165) is 11.8 Å². The van der Waals surface area contributed by atoms with Crippen molar-refractivity contribution in [3.8, 4) is 0 Å². The molecule has 0 spiro atoms. The molecule has 1 fully saturated rings. The SMILES string of the molecule is CCCCN=C1CCCC1S[Si](C)(C)C. The lowest BCUT2D eigenvalue weighted by Crippen LogP contribution is -2.23. The van der Waals surface area contributed by atoms with Crippen molar-refractivity contribution in [2.45, 2.75) is 63.9 Å². The van der Waals surface area contributed by atoms with E-state index >= 15 is 0 Å². The van der Waals surface area contributed by atoms with Crippen LogP contribution in [-0.2, 0) is 0 Å². The van der Waals surface area contributed by atoms with Crippen LogP contribution in [0.3, 0.4) is 0 Å². The van der Waals surface area contributed by atoms with Crippen LogP contribution in [-0.4, -0.2) is 24.7 Å². The van der Waals surface area contributed by atoms with Crippen LogP contribution in [0.4, 0.5) is 0 Å². The van der Waals surface area contributed by atoms with Gasteiger partial charge in [-0.05, 0) is 25.7 Å². The molecule has 0 saturated heterocycles. The fraction of sp³-hybridized carbons (Fsp3) is 0.917. The lowest BCUT2D eigenvalue weighted by Gasteiger charge is -2.21. The van der Waals surface area contributed by atoms with Crippen LogP contribution >= 0.6 is 11.2 Å². The van der Waals surface area contributed by atoms with Gasteiger partial charge < -0.3 is 0 Å². The molecule has 0 heterocycles. The summed E-state index contributed by atoms with van der Waals surface area (Å²) in [4.78, 5) is 4.80. The first-order valence-electron chi connectivity index (χ1n) is 6.24. The summed E-state index contributed by atoms with van der Waals surface area (Å²) in [5.41, 5.74) is 1.52. The Kier molecular flexibility index (Phi) is 5.40.